The molecule has 1 aliphatic heterocycles. The van der Waals surface area contributed by atoms with Gasteiger partial charge in [-0.15, -0.1) is 0 Å². The molecule has 1 aromatic heterocycles. The number of carbonyl (C=O) groups excluding carboxylic acids is 1. The fourth-order valence-electron chi connectivity index (χ4n) is 3.30. The van der Waals surface area contributed by atoms with Gasteiger partial charge in [-0.2, -0.15) is 0 Å². The minimum absolute atomic E-state index is 0.104. The summed E-state index contributed by atoms with van der Waals surface area (Å²) in [4.78, 5) is 19.2. The topological polar surface area (TPSA) is 54.5 Å². The highest BCUT2D eigenvalue weighted by atomic mass is 16.5. The van der Waals surface area contributed by atoms with Crippen molar-refractivity contribution >= 4 is 5.91 Å². The summed E-state index contributed by atoms with van der Waals surface area (Å²) in [6.45, 7) is 10.6. The predicted octanol–water partition coefficient (Wildman–Crippen LogP) is 1.87. The van der Waals surface area contributed by atoms with E-state index in [4.69, 9.17) is 4.74 Å². The first kappa shape index (κ1) is 17.9. The summed E-state index contributed by atoms with van der Waals surface area (Å²) in [5, 5.41) is 3.08. The molecule has 2 heterocycles. The number of aromatic nitrogens is 1. The molecule has 1 aromatic rings. The Morgan fingerprint density at radius 2 is 2.04 bits per heavy atom. The molecular weight excluding hydrogens is 290 g/mol. The lowest BCUT2D eigenvalue weighted by Crippen LogP contribution is -2.57. The highest BCUT2D eigenvalue weighted by molar-refractivity contribution is 5.82. The number of hydrogen-bond donors (Lipinski definition) is 1. The third-order valence-electron chi connectivity index (χ3n) is 4.15. The monoisotopic (exact) mass is 319 g/mol. The largest absolute Gasteiger partial charge is 0.373 e. The Kier molecular flexibility index (Phi) is 6.54. The molecule has 128 valence electrons. The van der Waals surface area contributed by atoms with Gasteiger partial charge >= 0.3 is 0 Å². The standard InChI is InChI=1S/C18H29N3O2/c1-13(2)17(21-11-14(3)23-15(4)12-21)18(22)20-10-8-16-7-5-6-9-19-16/h5-7,9,13-15,17H,8,10-12H2,1-4H3,(H,20,22)/t14-,15-,17+/m1/s1. The van der Waals surface area contributed by atoms with Crippen LogP contribution in [0.4, 0.5) is 0 Å². The van der Waals surface area contributed by atoms with Crippen molar-refractivity contribution in [1.29, 1.82) is 0 Å². The molecule has 0 radical (unpaired) electrons. The minimum atomic E-state index is -0.104. The molecule has 0 saturated carbocycles. The van der Waals surface area contributed by atoms with Crippen molar-refractivity contribution in [1.82, 2.24) is 15.2 Å². The third kappa shape index (κ3) is 5.29. The van der Waals surface area contributed by atoms with Gasteiger partial charge in [0.25, 0.3) is 0 Å². The van der Waals surface area contributed by atoms with Crippen molar-refractivity contribution in [3.8, 4) is 0 Å². The molecule has 0 aromatic carbocycles. The first-order chi connectivity index (χ1) is 11.0. The zero-order valence-electron chi connectivity index (χ0n) is 14.7. The lowest BCUT2D eigenvalue weighted by Gasteiger charge is -2.41. The molecule has 1 N–H and O–H groups in total. The first-order valence-electron chi connectivity index (χ1n) is 8.54. The van der Waals surface area contributed by atoms with E-state index in [1.54, 1.807) is 6.20 Å². The summed E-state index contributed by atoms with van der Waals surface area (Å²) in [5.41, 5.74) is 1.00. The molecule has 1 fully saturated rings. The van der Waals surface area contributed by atoms with Gasteiger partial charge in [0.1, 0.15) is 0 Å². The molecule has 0 aliphatic carbocycles. The van der Waals surface area contributed by atoms with E-state index in [1.807, 2.05) is 18.2 Å². The van der Waals surface area contributed by atoms with Gasteiger partial charge in [0, 0.05) is 37.9 Å². The minimum Gasteiger partial charge on any atom is -0.373 e. The van der Waals surface area contributed by atoms with Crippen molar-refractivity contribution in [2.24, 2.45) is 5.92 Å². The van der Waals surface area contributed by atoms with Gasteiger partial charge in [0.2, 0.25) is 5.91 Å². The predicted molar refractivity (Wildman–Crippen MR) is 91.2 cm³/mol. The molecule has 2 rings (SSSR count). The van der Waals surface area contributed by atoms with Crippen LogP contribution in [0.3, 0.4) is 0 Å². The number of hydrogen-bond acceptors (Lipinski definition) is 4. The number of nitrogens with zero attached hydrogens (tertiary/aromatic N) is 2. The molecule has 1 saturated heterocycles. The van der Waals surface area contributed by atoms with Crippen molar-refractivity contribution < 1.29 is 9.53 Å². The Bertz CT molecular complexity index is 482. The number of amides is 1. The average Bonchev–Trinajstić information content (AvgIpc) is 2.47. The van der Waals surface area contributed by atoms with E-state index in [9.17, 15) is 4.79 Å². The number of pyridine rings is 1. The number of ether oxygens (including phenoxy) is 1. The summed E-state index contributed by atoms with van der Waals surface area (Å²) < 4.78 is 5.78. The lowest BCUT2D eigenvalue weighted by molar-refractivity contribution is -0.135. The van der Waals surface area contributed by atoms with Crippen molar-refractivity contribution in [3.63, 3.8) is 0 Å². The summed E-state index contributed by atoms with van der Waals surface area (Å²) in [7, 11) is 0. The van der Waals surface area contributed by atoms with Crippen molar-refractivity contribution in [2.45, 2.75) is 52.4 Å². The Hall–Kier alpha value is -1.46. The zero-order valence-corrected chi connectivity index (χ0v) is 14.7. The van der Waals surface area contributed by atoms with Crippen molar-refractivity contribution in [3.05, 3.63) is 30.1 Å². The molecular formula is C18H29N3O2. The van der Waals surface area contributed by atoms with E-state index in [2.05, 4.69) is 42.9 Å². The smallest absolute Gasteiger partial charge is 0.237 e. The normalized spacial score (nSPS) is 23.7. The van der Waals surface area contributed by atoms with Gasteiger partial charge < -0.3 is 10.1 Å². The number of morpholine rings is 1. The van der Waals surface area contributed by atoms with E-state index in [1.165, 1.54) is 0 Å². The van der Waals surface area contributed by atoms with Crippen LogP contribution in [0, 0.1) is 5.92 Å². The van der Waals surface area contributed by atoms with Gasteiger partial charge in [-0.05, 0) is 31.9 Å². The van der Waals surface area contributed by atoms with Gasteiger partial charge in [-0.25, -0.2) is 0 Å². The quantitative estimate of drug-likeness (QED) is 0.870. The van der Waals surface area contributed by atoms with E-state index < -0.39 is 0 Å². The fourth-order valence-corrected chi connectivity index (χ4v) is 3.30. The molecule has 23 heavy (non-hydrogen) atoms. The zero-order chi connectivity index (χ0) is 16.8. The summed E-state index contributed by atoms with van der Waals surface area (Å²) in [6.07, 6.45) is 2.88. The lowest BCUT2D eigenvalue weighted by atomic mass is 9.99. The molecule has 5 heteroatoms. The van der Waals surface area contributed by atoms with Crippen LogP contribution in [-0.4, -0.2) is 53.7 Å². The SMILES string of the molecule is CC(C)[C@@H](C(=O)NCCc1ccccn1)N1C[C@@H](C)O[C@H](C)C1. The Morgan fingerprint density at radius 1 is 1.35 bits per heavy atom. The second kappa shape index (κ2) is 8.41. The van der Waals surface area contributed by atoms with E-state index in [-0.39, 0.29) is 30.1 Å². The summed E-state index contributed by atoms with van der Waals surface area (Å²) in [5.74, 6) is 0.375. The van der Waals surface area contributed by atoms with Crippen molar-refractivity contribution in [2.75, 3.05) is 19.6 Å². The molecule has 0 spiro atoms. The maximum absolute atomic E-state index is 12.7. The van der Waals surface area contributed by atoms with Gasteiger partial charge in [-0.3, -0.25) is 14.7 Å². The van der Waals surface area contributed by atoms with Crippen LogP contribution < -0.4 is 5.32 Å². The highest BCUT2D eigenvalue weighted by Crippen LogP contribution is 2.18. The van der Waals surface area contributed by atoms with E-state index in [0.717, 1.165) is 25.2 Å². The second-order valence-electron chi connectivity index (χ2n) is 6.76. The Morgan fingerprint density at radius 3 is 2.61 bits per heavy atom. The molecule has 1 amide bonds. The molecule has 0 bridgehead atoms. The molecule has 3 atom stereocenters. The van der Waals surface area contributed by atoms with Crippen LogP contribution in [0.5, 0.6) is 0 Å². The second-order valence-corrected chi connectivity index (χ2v) is 6.76. The Labute approximate surface area is 139 Å². The maximum Gasteiger partial charge on any atom is 0.237 e. The van der Waals surface area contributed by atoms with Gasteiger partial charge in [0.15, 0.2) is 0 Å². The average molecular weight is 319 g/mol. The van der Waals surface area contributed by atoms with Crippen LogP contribution in [0.1, 0.15) is 33.4 Å². The van der Waals surface area contributed by atoms with E-state index in [0.29, 0.717) is 6.54 Å². The summed E-state index contributed by atoms with van der Waals surface area (Å²) in [6, 6.07) is 5.75. The maximum atomic E-state index is 12.7. The van der Waals surface area contributed by atoms with Crippen LogP contribution >= 0.6 is 0 Å². The third-order valence-corrected chi connectivity index (χ3v) is 4.15. The van der Waals surface area contributed by atoms with Gasteiger partial charge in [0.05, 0.1) is 18.2 Å². The number of nitrogens with one attached hydrogen (secondary N) is 1. The number of carbonyl (C=O) groups is 1. The first-order valence-corrected chi connectivity index (χ1v) is 8.54. The highest BCUT2D eigenvalue weighted by Gasteiger charge is 2.33. The molecule has 1 aliphatic rings. The Balaban J connectivity index is 1.90. The summed E-state index contributed by atoms with van der Waals surface area (Å²) >= 11 is 0. The van der Waals surface area contributed by atoms with Crippen LogP contribution in [-0.2, 0) is 16.0 Å². The molecule has 5 nitrogen and oxygen atoms in total. The van der Waals surface area contributed by atoms with E-state index >= 15 is 0 Å². The van der Waals surface area contributed by atoms with Crippen LogP contribution in [0.15, 0.2) is 24.4 Å². The van der Waals surface area contributed by atoms with Gasteiger partial charge in [-0.1, -0.05) is 19.9 Å². The number of rotatable bonds is 6. The fraction of sp³-hybridized carbons (Fsp3) is 0.667. The molecule has 0 unspecified atom stereocenters. The van der Waals surface area contributed by atoms with Crippen LogP contribution in [0.2, 0.25) is 0 Å². The van der Waals surface area contributed by atoms with Crippen LogP contribution in [0.25, 0.3) is 0 Å².